The largest absolute Gasteiger partial charge is 0.508 e. The molecule has 0 heterocycles. The average Bonchev–Trinajstić information content (AvgIpc) is 2.84. The number of hydrogen-bond donors (Lipinski definition) is 7. The van der Waals surface area contributed by atoms with Crippen LogP contribution < -0.4 is 21.7 Å². The molecular formula is C25H40N4O7. The van der Waals surface area contributed by atoms with Crippen molar-refractivity contribution in [1.82, 2.24) is 16.0 Å². The minimum atomic E-state index is -1.26. The molecule has 8 N–H and O–H groups in total. The second kappa shape index (κ2) is 14.4. The molecule has 11 nitrogen and oxygen atoms in total. The van der Waals surface area contributed by atoms with Crippen LogP contribution in [0.25, 0.3) is 0 Å². The third-order valence-electron chi connectivity index (χ3n) is 6.40. The second-order valence-corrected chi connectivity index (χ2v) is 9.28. The summed E-state index contributed by atoms with van der Waals surface area (Å²) in [5, 5.41) is 36.4. The topological polar surface area (TPSA) is 191 Å². The number of aliphatic hydroxyl groups excluding tert-OH is 1. The summed E-state index contributed by atoms with van der Waals surface area (Å²) in [6.07, 6.45) is -0.0890. The van der Waals surface area contributed by atoms with E-state index in [1.54, 1.807) is 26.0 Å². The molecule has 0 aliphatic rings. The molecule has 0 saturated heterocycles. The van der Waals surface area contributed by atoms with Crippen LogP contribution in [0.3, 0.4) is 0 Å². The predicted molar refractivity (Wildman–Crippen MR) is 134 cm³/mol. The van der Waals surface area contributed by atoms with E-state index in [4.69, 9.17) is 5.73 Å². The molecule has 0 aliphatic heterocycles. The minimum absolute atomic E-state index is 0.0225. The van der Waals surface area contributed by atoms with E-state index in [-0.39, 0.29) is 24.0 Å². The number of rotatable bonds is 14. The molecule has 1 aromatic carbocycles. The summed E-state index contributed by atoms with van der Waals surface area (Å²) in [6.45, 7) is 8.54. The van der Waals surface area contributed by atoms with Crippen molar-refractivity contribution in [3.8, 4) is 5.75 Å². The van der Waals surface area contributed by atoms with Crippen molar-refractivity contribution in [1.29, 1.82) is 0 Å². The molecule has 0 aliphatic carbocycles. The monoisotopic (exact) mass is 508 g/mol. The van der Waals surface area contributed by atoms with Gasteiger partial charge in [-0.3, -0.25) is 14.4 Å². The molecule has 202 valence electrons. The molecule has 7 unspecified atom stereocenters. The predicted octanol–water partition coefficient (Wildman–Crippen LogP) is 0.274. The van der Waals surface area contributed by atoms with E-state index < -0.39 is 54.0 Å². The Hall–Kier alpha value is -3.18. The number of aromatic hydroxyl groups is 1. The highest BCUT2D eigenvalue weighted by molar-refractivity contribution is 5.94. The summed E-state index contributed by atoms with van der Waals surface area (Å²) in [5.41, 5.74) is 6.29. The van der Waals surface area contributed by atoms with Gasteiger partial charge in [-0.05, 0) is 36.5 Å². The molecule has 1 rings (SSSR count). The Kier molecular flexibility index (Phi) is 12.3. The SMILES string of the molecule is CCC(C)C(NC(=O)C(N)C(C)O)C(=O)NC(C(=O)NC(Cc1ccc(O)cc1)C(=O)O)C(C)CC. The third kappa shape index (κ3) is 9.12. The average molecular weight is 509 g/mol. The van der Waals surface area contributed by atoms with E-state index in [9.17, 15) is 34.5 Å². The van der Waals surface area contributed by atoms with Crippen molar-refractivity contribution >= 4 is 23.7 Å². The number of phenols is 1. The number of carbonyl (C=O) groups is 4. The molecule has 1 aromatic rings. The molecular weight excluding hydrogens is 468 g/mol. The van der Waals surface area contributed by atoms with Crippen LogP contribution in [0.2, 0.25) is 0 Å². The van der Waals surface area contributed by atoms with Crippen molar-refractivity contribution < 1.29 is 34.5 Å². The summed E-state index contributed by atoms with van der Waals surface area (Å²) < 4.78 is 0. The molecule has 3 amide bonds. The van der Waals surface area contributed by atoms with Gasteiger partial charge < -0.3 is 37.0 Å². The Morgan fingerprint density at radius 2 is 1.28 bits per heavy atom. The number of carboxylic acids is 1. The highest BCUT2D eigenvalue weighted by atomic mass is 16.4. The van der Waals surface area contributed by atoms with Crippen molar-refractivity contribution in [3.05, 3.63) is 29.8 Å². The zero-order valence-electron chi connectivity index (χ0n) is 21.5. The van der Waals surface area contributed by atoms with Gasteiger partial charge in [0.25, 0.3) is 0 Å². The first-order chi connectivity index (χ1) is 16.8. The first-order valence-corrected chi connectivity index (χ1v) is 12.2. The normalized spacial score (nSPS) is 17.0. The highest BCUT2D eigenvalue weighted by Gasteiger charge is 2.34. The molecule has 11 heteroatoms. The van der Waals surface area contributed by atoms with Crippen molar-refractivity contribution in [2.45, 2.75) is 84.2 Å². The molecule has 0 saturated carbocycles. The maximum atomic E-state index is 13.2. The van der Waals surface area contributed by atoms with Gasteiger partial charge in [0.1, 0.15) is 29.9 Å². The first-order valence-electron chi connectivity index (χ1n) is 12.2. The first kappa shape index (κ1) is 30.9. The minimum Gasteiger partial charge on any atom is -0.508 e. The smallest absolute Gasteiger partial charge is 0.326 e. The second-order valence-electron chi connectivity index (χ2n) is 9.28. The molecule has 7 atom stereocenters. The number of hydrogen-bond acceptors (Lipinski definition) is 7. The Bertz CT molecular complexity index is 891. The van der Waals surface area contributed by atoms with Gasteiger partial charge in [-0.1, -0.05) is 52.7 Å². The van der Waals surface area contributed by atoms with Gasteiger partial charge in [-0.25, -0.2) is 4.79 Å². The lowest BCUT2D eigenvalue weighted by Gasteiger charge is -2.30. The van der Waals surface area contributed by atoms with Crippen LogP contribution in [0, 0.1) is 11.8 Å². The van der Waals surface area contributed by atoms with E-state index in [1.165, 1.54) is 19.1 Å². The Labute approximate surface area is 211 Å². The van der Waals surface area contributed by atoms with Gasteiger partial charge in [0.05, 0.1) is 6.10 Å². The maximum absolute atomic E-state index is 13.2. The maximum Gasteiger partial charge on any atom is 0.326 e. The number of carbonyl (C=O) groups excluding carboxylic acids is 3. The number of amides is 3. The van der Waals surface area contributed by atoms with E-state index in [1.807, 2.05) is 13.8 Å². The summed E-state index contributed by atoms with van der Waals surface area (Å²) in [5.74, 6) is -3.84. The van der Waals surface area contributed by atoms with E-state index >= 15 is 0 Å². The number of nitrogens with two attached hydrogens (primary N) is 1. The lowest BCUT2D eigenvalue weighted by molar-refractivity contribution is -0.142. The number of phenolic OH excluding ortho intramolecular Hbond substituents is 1. The van der Waals surface area contributed by atoms with Crippen LogP contribution in [0.15, 0.2) is 24.3 Å². The zero-order valence-corrected chi connectivity index (χ0v) is 21.5. The number of carboxylic acid groups (broad SMARTS) is 1. The lowest BCUT2D eigenvalue weighted by Crippen LogP contribution is -2.60. The van der Waals surface area contributed by atoms with Crippen molar-refractivity contribution in [2.24, 2.45) is 17.6 Å². The molecule has 0 bridgehead atoms. The fraction of sp³-hybridized carbons (Fsp3) is 0.600. The zero-order chi connectivity index (χ0) is 27.6. The van der Waals surface area contributed by atoms with Crippen LogP contribution in [-0.4, -0.2) is 69.3 Å². The van der Waals surface area contributed by atoms with E-state index in [2.05, 4.69) is 16.0 Å². The number of nitrogens with one attached hydrogen (secondary N) is 3. The quantitative estimate of drug-likeness (QED) is 0.186. The van der Waals surface area contributed by atoms with Crippen LogP contribution in [0.1, 0.15) is 53.0 Å². The number of aliphatic carboxylic acids is 1. The molecule has 36 heavy (non-hydrogen) atoms. The molecule has 0 fully saturated rings. The fourth-order valence-corrected chi connectivity index (χ4v) is 3.44. The molecule has 0 aromatic heterocycles. The van der Waals surface area contributed by atoms with Crippen LogP contribution in [0.4, 0.5) is 0 Å². The van der Waals surface area contributed by atoms with Gasteiger partial charge in [0.2, 0.25) is 17.7 Å². The fourth-order valence-electron chi connectivity index (χ4n) is 3.44. The summed E-state index contributed by atoms with van der Waals surface area (Å²) >= 11 is 0. The Morgan fingerprint density at radius 3 is 1.69 bits per heavy atom. The standard InChI is InChI=1S/C25H40N4O7/c1-6-13(3)20(23(33)27-18(25(35)36)12-16-8-10-17(31)11-9-16)29-24(34)21(14(4)7-2)28-22(32)19(26)15(5)30/h8-11,13-15,18-21,30-31H,6-7,12,26H2,1-5H3,(H,27,33)(H,28,32)(H,29,34)(H,35,36). The van der Waals surface area contributed by atoms with E-state index in [0.717, 1.165) is 0 Å². The van der Waals surface area contributed by atoms with Crippen LogP contribution >= 0.6 is 0 Å². The molecule has 0 spiro atoms. The van der Waals surface area contributed by atoms with Gasteiger partial charge >= 0.3 is 5.97 Å². The van der Waals surface area contributed by atoms with Gasteiger partial charge in [0.15, 0.2) is 0 Å². The van der Waals surface area contributed by atoms with E-state index in [0.29, 0.717) is 18.4 Å². The Morgan fingerprint density at radius 1 is 0.833 bits per heavy atom. The lowest BCUT2D eigenvalue weighted by atomic mass is 9.94. The highest BCUT2D eigenvalue weighted by Crippen LogP contribution is 2.14. The number of aliphatic hydroxyl groups is 1. The number of benzene rings is 1. The third-order valence-corrected chi connectivity index (χ3v) is 6.40. The van der Waals surface area contributed by atoms with Crippen LogP contribution in [0.5, 0.6) is 5.75 Å². The van der Waals surface area contributed by atoms with Crippen molar-refractivity contribution in [2.75, 3.05) is 0 Å². The summed E-state index contributed by atoms with van der Waals surface area (Å²) in [4.78, 5) is 50.6. The molecule has 0 radical (unpaired) electrons. The van der Waals surface area contributed by atoms with Gasteiger partial charge in [0, 0.05) is 6.42 Å². The summed E-state index contributed by atoms with van der Waals surface area (Å²) in [7, 11) is 0. The van der Waals surface area contributed by atoms with Crippen LogP contribution in [-0.2, 0) is 25.6 Å². The Balaban J connectivity index is 3.07. The van der Waals surface area contributed by atoms with Crippen molar-refractivity contribution in [3.63, 3.8) is 0 Å². The van der Waals surface area contributed by atoms with Gasteiger partial charge in [-0.2, -0.15) is 0 Å². The van der Waals surface area contributed by atoms with Gasteiger partial charge in [-0.15, -0.1) is 0 Å². The summed E-state index contributed by atoms with van der Waals surface area (Å²) in [6, 6.07) is 1.40.